The Labute approximate surface area is 339 Å². The first-order valence-corrected chi connectivity index (χ1v) is 16.4. The van der Waals surface area contributed by atoms with E-state index in [1.165, 1.54) is 62.9 Å². The third-order valence-corrected chi connectivity index (χ3v) is 7.11. The van der Waals surface area contributed by atoms with Gasteiger partial charge in [-0.3, -0.25) is 9.97 Å². The Kier molecular flexibility index (Phi) is 21.8. The predicted molar refractivity (Wildman–Crippen MR) is 207 cm³/mol. The maximum atomic E-state index is 11.8. The number of fused-ring (bicyclic) bond motifs is 3. The molecule has 0 saturated heterocycles. The van der Waals surface area contributed by atoms with Crippen molar-refractivity contribution in [3.63, 3.8) is 0 Å². The molecule has 53 heavy (non-hydrogen) atoms. The van der Waals surface area contributed by atoms with E-state index in [-0.39, 0.29) is 53.8 Å². The van der Waals surface area contributed by atoms with Crippen molar-refractivity contribution in [2.24, 2.45) is 0 Å². The number of hydrogen-bond donors (Lipinski definition) is 2. The summed E-state index contributed by atoms with van der Waals surface area (Å²) < 4.78 is 0. The second-order valence-corrected chi connectivity index (χ2v) is 11.0. The number of carboxylic acid groups (broad SMARTS) is 2. The molecule has 0 radical (unpaired) electrons. The first-order valence-electron chi connectivity index (χ1n) is 15.2. The van der Waals surface area contributed by atoms with E-state index < -0.39 is 11.9 Å². The molecule has 0 unspecified atom stereocenters. The summed E-state index contributed by atoms with van der Waals surface area (Å²) in [5, 5.41) is 44.2. The topological polar surface area (TPSA) is 196 Å². The van der Waals surface area contributed by atoms with Crippen LogP contribution in [0, 0.1) is 43.8 Å². The number of allylic oxidation sites excluding steroid dienone is 1. The van der Waals surface area contributed by atoms with Crippen LogP contribution in [0.25, 0.3) is 22.6 Å². The molecule has 0 amide bonds. The van der Waals surface area contributed by atoms with Crippen LogP contribution in [0.3, 0.4) is 0 Å². The summed E-state index contributed by atoms with van der Waals surface area (Å²) in [6, 6.07) is 20.9. The Balaban J connectivity index is 0.00000202. The van der Waals surface area contributed by atoms with E-state index in [4.69, 9.17) is 26.6 Å². The summed E-state index contributed by atoms with van der Waals surface area (Å²) in [4.78, 5) is 31.3. The first-order chi connectivity index (χ1) is 24.9. The number of aliphatic carboxylic acids is 1. The van der Waals surface area contributed by atoms with E-state index in [1.54, 1.807) is 18.3 Å². The number of pyridine rings is 2. The molecule has 0 bridgehead atoms. The Morgan fingerprint density at radius 3 is 1.94 bits per heavy atom. The van der Waals surface area contributed by atoms with Gasteiger partial charge in [-0.05, 0) is 58.7 Å². The minimum Gasteiger partial charge on any atom is -0.697 e. The average Bonchev–Trinajstić information content (AvgIpc) is 3.36. The molecule has 2 aromatic carbocycles. The van der Waals surface area contributed by atoms with E-state index in [2.05, 4.69) is 110 Å². The molecule has 5 rings (SSSR count). The Morgan fingerprint density at radius 2 is 1.36 bits per heavy atom. The van der Waals surface area contributed by atoms with Gasteiger partial charge in [-0.15, -0.1) is 5.70 Å². The standard InChI is InChI=1S/C34H26N3O4.C2H6.3CHNS.Ru/c1-34(2)28-6-4-3-5-26(28)27-12-9-21(18-29(27)34)7-8-22-13-15-36-25(17-22)11-10-23(32(38)39)19-30(35)31-20-24(33(40)41)14-16-37-31;1-2;3*2-1-3;/h3-6,9-10,12-20,35H,11H2,1-2H3,(H,38,39)(H,40,41);1-2H3;3*3H;/q-1;;;;;+4/p-3/b23-10+,30-19-;;;;;. The van der Waals surface area contributed by atoms with E-state index >= 15 is 0 Å². The van der Waals surface area contributed by atoms with Crippen LogP contribution in [0.4, 0.5) is 0 Å². The molecule has 0 spiro atoms. The van der Waals surface area contributed by atoms with Gasteiger partial charge in [0, 0.05) is 46.7 Å². The maximum Gasteiger partial charge on any atom is 4.00 e. The van der Waals surface area contributed by atoms with Gasteiger partial charge in [0.2, 0.25) is 0 Å². The van der Waals surface area contributed by atoms with Gasteiger partial charge in [-0.25, -0.2) is 25.4 Å². The van der Waals surface area contributed by atoms with Crippen LogP contribution in [-0.4, -0.2) is 32.1 Å². The number of aromatic carboxylic acids is 1. The van der Waals surface area contributed by atoms with Gasteiger partial charge in [-0.2, -0.15) is 0 Å². The van der Waals surface area contributed by atoms with Gasteiger partial charge in [0.1, 0.15) is 0 Å². The Bertz CT molecular complexity index is 2110. The Hall–Kier alpha value is -5.73. The van der Waals surface area contributed by atoms with Crippen LogP contribution in [0.2, 0.25) is 0 Å². The monoisotopic (exact) mass is 846 g/mol. The number of aromatic nitrogens is 2. The van der Waals surface area contributed by atoms with Gasteiger partial charge >= 0.3 is 31.4 Å². The fraction of sp³-hybridized carbons (Fsp3) is 0.154. The smallest absolute Gasteiger partial charge is 0.697 e. The van der Waals surface area contributed by atoms with E-state index in [0.29, 0.717) is 5.69 Å². The first kappa shape index (κ1) is 47.3. The largest absolute Gasteiger partial charge is 4.00 e. The maximum absolute atomic E-state index is 11.8. The van der Waals surface area contributed by atoms with Crippen molar-refractivity contribution in [3.05, 3.63) is 142 Å². The second kappa shape index (κ2) is 24.5. The predicted octanol–water partition coefficient (Wildman–Crippen LogP) is 7.59. The van der Waals surface area contributed by atoms with Gasteiger partial charge in [-0.1, -0.05) is 98.2 Å². The molecular weight excluding hydrogens is 814 g/mol. The van der Waals surface area contributed by atoms with Crippen molar-refractivity contribution in [3.8, 4) is 39.2 Å². The van der Waals surface area contributed by atoms with Gasteiger partial charge in [0.15, 0.2) is 0 Å². The number of benzene rings is 2. The third kappa shape index (κ3) is 14.1. The zero-order valence-electron chi connectivity index (χ0n) is 28.9. The fourth-order valence-corrected chi connectivity index (χ4v) is 4.96. The van der Waals surface area contributed by atoms with Crippen LogP contribution < -0.4 is 0 Å². The SMILES string of the molecule is CC.CC1(C)c2ccccc2-c2ccc(C#Cc3ccnc(C/C=C(\C=C(/[NH-])c4cc(C(=O)O)ccn4)C(=O)O)c3)cc21.N#C[S-].N#C[S-].N#C[S-].[Ru+4]. The molecule has 1 aliphatic rings. The van der Waals surface area contributed by atoms with E-state index in [1.807, 2.05) is 19.9 Å². The minimum atomic E-state index is -1.22. The van der Waals surface area contributed by atoms with E-state index in [9.17, 15) is 14.7 Å². The number of rotatable bonds is 6. The number of nitriles is 3. The van der Waals surface area contributed by atoms with Crippen molar-refractivity contribution >= 4 is 55.5 Å². The molecule has 1 aliphatic carbocycles. The van der Waals surface area contributed by atoms with Crippen molar-refractivity contribution in [1.29, 1.82) is 15.8 Å². The van der Waals surface area contributed by atoms with Crippen molar-refractivity contribution in [2.75, 3.05) is 0 Å². The van der Waals surface area contributed by atoms with E-state index in [0.717, 1.165) is 17.2 Å². The molecule has 0 atom stereocenters. The molecule has 2 aromatic heterocycles. The summed E-state index contributed by atoms with van der Waals surface area (Å²) >= 11 is 11.1. The average molecular weight is 846 g/mol. The number of thiocyanates is 3. The summed E-state index contributed by atoms with van der Waals surface area (Å²) in [5.41, 5.74) is 15.1. The van der Waals surface area contributed by atoms with Crippen molar-refractivity contribution in [2.45, 2.75) is 39.5 Å². The third-order valence-electron chi connectivity index (χ3n) is 7.11. The molecule has 4 aromatic rings. The van der Waals surface area contributed by atoms with Crippen LogP contribution >= 0.6 is 0 Å². The molecule has 268 valence electrons. The van der Waals surface area contributed by atoms with Crippen LogP contribution in [0.1, 0.15) is 71.7 Å². The molecule has 0 fully saturated rings. The zero-order valence-corrected chi connectivity index (χ0v) is 33.1. The molecule has 2 heterocycles. The molecule has 14 heteroatoms. The fourth-order valence-electron chi connectivity index (χ4n) is 4.96. The number of carboxylic acids is 2. The summed E-state index contributed by atoms with van der Waals surface area (Å²) in [7, 11) is 0. The van der Waals surface area contributed by atoms with Crippen LogP contribution in [-0.2, 0) is 74.0 Å². The molecule has 3 N–H and O–H groups in total. The normalized spacial score (nSPS) is 11.0. The number of nitrogens with zero attached hydrogens (tertiary/aromatic N) is 5. The molecule has 10 nitrogen and oxygen atoms in total. The summed E-state index contributed by atoms with van der Waals surface area (Å²) in [6.45, 7) is 8.46. The number of nitrogens with one attached hydrogen (secondary N) is 1. The summed E-state index contributed by atoms with van der Waals surface area (Å²) in [5.74, 6) is 4.07. The number of carbonyl (C=O) groups is 2. The Morgan fingerprint density at radius 1 is 0.811 bits per heavy atom. The molecule has 0 saturated carbocycles. The quantitative estimate of drug-likeness (QED) is 0.0483. The molecular formula is C39H32N6O4RuS3. The zero-order chi connectivity index (χ0) is 39.3. The minimum absolute atomic E-state index is 0. The van der Waals surface area contributed by atoms with Crippen LogP contribution in [0.5, 0.6) is 0 Å². The van der Waals surface area contributed by atoms with Crippen LogP contribution in [0.15, 0.2) is 96.8 Å². The van der Waals surface area contributed by atoms with Gasteiger partial charge in [0.25, 0.3) is 0 Å². The van der Waals surface area contributed by atoms with Gasteiger partial charge < -0.3 is 53.8 Å². The van der Waals surface area contributed by atoms with Gasteiger partial charge in [0.05, 0.1) is 11.1 Å². The second-order valence-electron chi connectivity index (χ2n) is 10.5. The number of hydrogen-bond acceptors (Lipinski definition) is 10. The molecule has 0 aliphatic heterocycles. The van der Waals surface area contributed by atoms with Crippen molar-refractivity contribution in [1.82, 2.24) is 9.97 Å². The summed E-state index contributed by atoms with van der Waals surface area (Å²) in [6.07, 6.45) is 5.70. The van der Waals surface area contributed by atoms with Crippen molar-refractivity contribution < 1.29 is 39.3 Å².